The molecule has 3 heteroatoms. The van der Waals surface area contributed by atoms with E-state index < -0.39 is 5.41 Å². The lowest BCUT2D eigenvalue weighted by molar-refractivity contribution is 0.660. The van der Waals surface area contributed by atoms with Crippen LogP contribution in [0.3, 0.4) is 0 Å². The summed E-state index contributed by atoms with van der Waals surface area (Å²) in [6.45, 7) is 4.77. The molecule has 77 heavy (non-hydrogen) atoms. The maximum absolute atomic E-state index is 2.59. The van der Waals surface area contributed by atoms with Crippen LogP contribution in [0, 0.1) is 0 Å². The standard InChI is InChI=1S/C74H49N3/c1-73(2)62-29-13-8-23-52(62)56-38-35-49(43-66(56)73)77-69-42-47-20-7-6-19-46(47)41-61(69)59-40-37-51(45-71(59)77)75(50-36-39-58-57-27-12-17-33-67(57)76(70(58)44-50)48-21-4-3-5-22-48)68-34-18-28-60-55-26-11-16-32-65(55)74(72(60)68)63-30-14-9-24-53(63)54-25-10-15-31-64(54)74/h3-45H,1-2H3. The van der Waals surface area contributed by atoms with Crippen LogP contribution in [0.5, 0.6) is 0 Å². The maximum atomic E-state index is 2.59. The summed E-state index contributed by atoms with van der Waals surface area (Å²) in [4.78, 5) is 2.59. The zero-order valence-corrected chi connectivity index (χ0v) is 42.7. The minimum Gasteiger partial charge on any atom is -0.310 e. The van der Waals surface area contributed by atoms with Crippen molar-refractivity contribution < 1.29 is 0 Å². The number of para-hydroxylation sites is 2. The first kappa shape index (κ1) is 42.6. The Labute approximate surface area is 446 Å². The molecule has 0 fully saturated rings. The van der Waals surface area contributed by atoms with Crippen molar-refractivity contribution in [3.05, 3.63) is 294 Å². The number of nitrogens with zero attached hydrogens (tertiary/aromatic N) is 3. The highest BCUT2D eigenvalue weighted by Gasteiger charge is 2.53. The predicted molar refractivity (Wildman–Crippen MR) is 321 cm³/mol. The second kappa shape index (κ2) is 15.4. The molecule has 0 radical (unpaired) electrons. The van der Waals surface area contributed by atoms with Crippen molar-refractivity contribution in [2.75, 3.05) is 4.90 Å². The van der Waals surface area contributed by atoms with Crippen molar-refractivity contribution >= 4 is 71.4 Å². The van der Waals surface area contributed by atoms with Crippen molar-refractivity contribution in [2.24, 2.45) is 0 Å². The van der Waals surface area contributed by atoms with Crippen LogP contribution in [0.2, 0.25) is 0 Å². The zero-order chi connectivity index (χ0) is 50.7. The third-order valence-electron chi connectivity index (χ3n) is 17.9. The summed E-state index contributed by atoms with van der Waals surface area (Å²) in [6, 6.07) is 98.4. The van der Waals surface area contributed by atoms with E-state index in [1.165, 1.54) is 110 Å². The predicted octanol–water partition coefficient (Wildman–Crippen LogP) is 19.2. The van der Waals surface area contributed by atoms with Gasteiger partial charge in [-0.15, -0.1) is 0 Å². The third kappa shape index (κ3) is 5.60. The lowest BCUT2D eigenvalue weighted by atomic mass is 9.70. The summed E-state index contributed by atoms with van der Waals surface area (Å²) >= 11 is 0. The molecule has 0 aliphatic heterocycles. The Morgan fingerprint density at radius 1 is 0.299 bits per heavy atom. The van der Waals surface area contributed by atoms with Gasteiger partial charge in [0.15, 0.2) is 0 Å². The SMILES string of the molecule is CC1(C)c2ccccc2-c2ccc(-n3c4cc(N(c5ccc6c7ccccc7n(-c7ccccc7)c6c5)c5cccc6c5C5(c7ccccc7-c7ccccc75)c5ccccc5-6)ccc4c4cc5ccccc5cc43)cc21. The second-order valence-electron chi connectivity index (χ2n) is 22.0. The van der Waals surface area contributed by atoms with Crippen LogP contribution in [0.25, 0.3) is 99.1 Å². The van der Waals surface area contributed by atoms with E-state index in [2.05, 4.69) is 289 Å². The van der Waals surface area contributed by atoms with Gasteiger partial charge in [-0.1, -0.05) is 202 Å². The fraction of sp³-hybridized carbons (Fsp3) is 0.0541. The largest absolute Gasteiger partial charge is 0.310 e. The average molecular weight is 980 g/mol. The minimum atomic E-state index is -0.578. The van der Waals surface area contributed by atoms with Crippen LogP contribution in [-0.4, -0.2) is 9.13 Å². The molecule has 14 aromatic rings. The molecule has 360 valence electrons. The highest BCUT2D eigenvalue weighted by Crippen LogP contribution is 2.65. The number of fused-ring (bicyclic) bond motifs is 20. The summed E-state index contributed by atoms with van der Waals surface area (Å²) in [7, 11) is 0. The molecule has 0 saturated heterocycles. The number of benzene rings is 12. The quantitative estimate of drug-likeness (QED) is 0.167. The van der Waals surface area contributed by atoms with Crippen LogP contribution in [0.15, 0.2) is 261 Å². The Hall–Kier alpha value is -9.70. The summed E-state index contributed by atoms with van der Waals surface area (Å²) in [5, 5.41) is 7.37. The average Bonchev–Trinajstić information content (AvgIpc) is 4.42. The van der Waals surface area contributed by atoms with Gasteiger partial charge in [0.2, 0.25) is 0 Å². The Kier molecular flexibility index (Phi) is 8.55. The van der Waals surface area contributed by atoms with Gasteiger partial charge in [-0.3, -0.25) is 0 Å². The first-order chi connectivity index (χ1) is 38.0. The van der Waals surface area contributed by atoms with Crippen LogP contribution in [0.4, 0.5) is 17.1 Å². The van der Waals surface area contributed by atoms with Crippen LogP contribution in [-0.2, 0) is 10.8 Å². The normalized spacial score (nSPS) is 14.1. The number of hydrogen-bond donors (Lipinski definition) is 0. The van der Waals surface area contributed by atoms with E-state index in [0.29, 0.717) is 0 Å². The van der Waals surface area contributed by atoms with Gasteiger partial charge in [0, 0.05) is 55.3 Å². The molecule has 3 aliphatic carbocycles. The van der Waals surface area contributed by atoms with E-state index in [-0.39, 0.29) is 5.41 Å². The Balaban J connectivity index is 0.989. The second-order valence-corrected chi connectivity index (χ2v) is 22.0. The fourth-order valence-electron chi connectivity index (χ4n) is 14.6. The molecular formula is C74H49N3. The zero-order valence-electron chi connectivity index (χ0n) is 42.7. The molecule has 0 amide bonds. The fourth-order valence-corrected chi connectivity index (χ4v) is 14.6. The summed E-state index contributed by atoms with van der Waals surface area (Å²) in [5.41, 5.74) is 25.3. The molecule has 2 aromatic heterocycles. The van der Waals surface area contributed by atoms with Gasteiger partial charge in [0.25, 0.3) is 0 Å². The topological polar surface area (TPSA) is 13.1 Å². The van der Waals surface area contributed by atoms with Crippen molar-refractivity contribution in [1.82, 2.24) is 9.13 Å². The molecule has 17 rings (SSSR count). The van der Waals surface area contributed by atoms with Gasteiger partial charge in [-0.25, -0.2) is 0 Å². The monoisotopic (exact) mass is 979 g/mol. The lowest BCUT2D eigenvalue weighted by Gasteiger charge is -2.36. The molecule has 0 N–H and O–H groups in total. The van der Waals surface area contributed by atoms with E-state index in [1.807, 2.05) is 0 Å². The van der Waals surface area contributed by atoms with Crippen molar-refractivity contribution in [2.45, 2.75) is 24.7 Å². The Morgan fingerprint density at radius 3 is 1.45 bits per heavy atom. The molecule has 12 aromatic carbocycles. The smallest absolute Gasteiger partial charge is 0.0746 e. The van der Waals surface area contributed by atoms with Gasteiger partial charge in [0.05, 0.1) is 33.2 Å². The Bertz CT molecular complexity index is 4790. The van der Waals surface area contributed by atoms with E-state index in [9.17, 15) is 0 Å². The van der Waals surface area contributed by atoms with Crippen LogP contribution < -0.4 is 4.90 Å². The maximum Gasteiger partial charge on any atom is 0.0746 e. The molecule has 0 unspecified atom stereocenters. The molecule has 3 nitrogen and oxygen atoms in total. The van der Waals surface area contributed by atoms with Crippen LogP contribution in [0.1, 0.15) is 47.2 Å². The van der Waals surface area contributed by atoms with Crippen LogP contribution >= 0.6 is 0 Å². The molecule has 2 heterocycles. The van der Waals surface area contributed by atoms with E-state index in [1.54, 1.807) is 0 Å². The lowest BCUT2D eigenvalue weighted by Crippen LogP contribution is -2.28. The molecule has 3 aliphatic rings. The first-order valence-corrected chi connectivity index (χ1v) is 27.0. The molecule has 0 saturated carbocycles. The van der Waals surface area contributed by atoms with E-state index in [4.69, 9.17) is 0 Å². The molecule has 0 atom stereocenters. The van der Waals surface area contributed by atoms with Gasteiger partial charge < -0.3 is 14.0 Å². The van der Waals surface area contributed by atoms with E-state index >= 15 is 0 Å². The number of aromatic nitrogens is 2. The summed E-state index contributed by atoms with van der Waals surface area (Å²) in [6.07, 6.45) is 0. The molecular weight excluding hydrogens is 931 g/mol. The minimum absolute atomic E-state index is 0.158. The van der Waals surface area contributed by atoms with E-state index in [0.717, 1.165) is 39.5 Å². The highest BCUT2D eigenvalue weighted by atomic mass is 15.2. The number of hydrogen-bond acceptors (Lipinski definition) is 1. The van der Waals surface area contributed by atoms with Gasteiger partial charge in [-0.05, 0) is 145 Å². The number of rotatable bonds is 5. The van der Waals surface area contributed by atoms with Crippen molar-refractivity contribution in [3.8, 4) is 44.8 Å². The summed E-state index contributed by atoms with van der Waals surface area (Å²) < 4.78 is 4.99. The molecule has 0 bridgehead atoms. The van der Waals surface area contributed by atoms with Crippen molar-refractivity contribution in [1.29, 1.82) is 0 Å². The molecule has 1 spiro atoms. The first-order valence-electron chi connectivity index (χ1n) is 27.0. The van der Waals surface area contributed by atoms with Crippen molar-refractivity contribution in [3.63, 3.8) is 0 Å². The van der Waals surface area contributed by atoms with Gasteiger partial charge in [0.1, 0.15) is 0 Å². The highest BCUT2D eigenvalue weighted by molar-refractivity contribution is 6.15. The number of anilines is 3. The van der Waals surface area contributed by atoms with Gasteiger partial charge >= 0.3 is 0 Å². The van der Waals surface area contributed by atoms with Gasteiger partial charge in [-0.2, -0.15) is 0 Å². The third-order valence-corrected chi connectivity index (χ3v) is 17.9. The Morgan fingerprint density at radius 2 is 0.779 bits per heavy atom. The summed E-state index contributed by atoms with van der Waals surface area (Å²) in [5.74, 6) is 0.